The van der Waals surface area contributed by atoms with Gasteiger partial charge in [0.25, 0.3) is 0 Å². The van der Waals surface area contributed by atoms with Crippen LogP contribution in [0.2, 0.25) is 0 Å². The molecule has 1 aromatic heterocycles. The van der Waals surface area contributed by atoms with E-state index in [1.54, 1.807) is 18.0 Å². The third-order valence-corrected chi connectivity index (χ3v) is 5.74. The number of halogens is 1. The summed E-state index contributed by atoms with van der Waals surface area (Å²) in [6.45, 7) is 1.00. The lowest BCUT2D eigenvalue weighted by Crippen LogP contribution is -2.20. The fourth-order valence-electron chi connectivity index (χ4n) is 2.32. The third-order valence-electron chi connectivity index (χ3n) is 3.33. The van der Waals surface area contributed by atoms with Gasteiger partial charge in [0, 0.05) is 13.0 Å². The first-order chi connectivity index (χ1) is 8.94. The Balaban J connectivity index is 2.19. The molecule has 19 heavy (non-hydrogen) atoms. The van der Waals surface area contributed by atoms with Gasteiger partial charge in [-0.05, 0) is 22.4 Å². The number of aliphatic hydroxyl groups excluding tert-OH is 1. The van der Waals surface area contributed by atoms with Crippen molar-refractivity contribution in [1.29, 1.82) is 0 Å². The number of aliphatic hydroxyl groups is 1. The van der Waals surface area contributed by atoms with Crippen LogP contribution in [-0.4, -0.2) is 48.5 Å². The number of ether oxygens (including phenoxy) is 1. The molecule has 8 heteroatoms. The highest BCUT2D eigenvalue weighted by molar-refractivity contribution is 9.10. The molecule has 1 saturated heterocycles. The monoisotopic (exact) mass is 352 g/mol. The van der Waals surface area contributed by atoms with Crippen molar-refractivity contribution in [1.82, 2.24) is 9.78 Å². The van der Waals surface area contributed by atoms with E-state index in [1.165, 1.54) is 0 Å². The van der Waals surface area contributed by atoms with E-state index in [9.17, 15) is 13.5 Å². The molecule has 2 unspecified atom stereocenters. The molecule has 6 nitrogen and oxygen atoms in total. The highest BCUT2D eigenvalue weighted by Crippen LogP contribution is 2.34. The van der Waals surface area contributed by atoms with Crippen molar-refractivity contribution < 1.29 is 18.3 Å². The van der Waals surface area contributed by atoms with Gasteiger partial charge in [-0.3, -0.25) is 4.68 Å². The largest absolute Gasteiger partial charge is 0.386 e. The molecule has 0 bridgehead atoms. The lowest BCUT2D eigenvalue weighted by Gasteiger charge is -2.19. The van der Waals surface area contributed by atoms with Crippen LogP contribution in [-0.2, 0) is 21.1 Å². The number of hydrogen-bond acceptors (Lipinski definition) is 5. The second-order valence-corrected chi connectivity index (χ2v) is 7.78. The number of methoxy groups -OCH3 is 1. The van der Waals surface area contributed by atoms with E-state index in [0.717, 1.165) is 0 Å². The number of rotatable bonds is 5. The molecular formula is C11H17BrN2O4S. The van der Waals surface area contributed by atoms with E-state index in [4.69, 9.17) is 4.74 Å². The van der Waals surface area contributed by atoms with Crippen molar-refractivity contribution >= 4 is 25.8 Å². The molecule has 0 amide bonds. The van der Waals surface area contributed by atoms with Crippen molar-refractivity contribution in [3.8, 4) is 0 Å². The number of aromatic nitrogens is 2. The Morgan fingerprint density at radius 3 is 3.00 bits per heavy atom. The van der Waals surface area contributed by atoms with Gasteiger partial charge in [0.05, 0.1) is 41.0 Å². The predicted molar refractivity (Wildman–Crippen MR) is 73.5 cm³/mol. The molecule has 0 aliphatic carbocycles. The molecule has 108 valence electrons. The minimum absolute atomic E-state index is 0.0378. The van der Waals surface area contributed by atoms with E-state index in [2.05, 4.69) is 21.0 Å². The molecule has 1 fully saturated rings. The Labute approximate surface area is 120 Å². The normalized spacial score (nSPS) is 23.6. The van der Waals surface area contributed by atoms with Crippen molar-refractivity contribution in [3.63, 3.8) is 0 Å². The summed E-state index contributed by atoms with van der Waals surface area (Å²) < 4.78 is 30.3. The summed E-state index contributed by atoms with van der Waals surface area (Å²) in [6.07, 6.45) is 1.27. The maximum absolute atomic E-state index is 11.5. The maximum Gasteiger partial charge on any atom is 0.150 e. The molecule has 2 rings (SSSR count). The summed E-state index contributed by atoms with van der Waals surface area (Å²) >= 11 is 3.35. The molecule has 0 aromatic carbocycles. The molecular weight excluding hydrogens is 336 g/mol. The van der Waals surface area contributed by atoms with Crippen LogP contribution in [0.3, 0.4) is 0 Å². The van der Waals surface area contributed by atoms with Gasteiger partial charge in [-0.25, -0.2) is 8.42 Å². The van der Waals surface area contributed by atoms with E-state index in [1.807, 2.05) is 0 Å². The van der Waals surface area contributed by atoms with Gasteiger partial charge in [-0.1, -0.05) is 0 Å². The number of hydrogen-bond donors (Lipinski definition) is 1. The molecule has 1 aliphatic rings. The summed E-state index contributed by atoms with van der Waals surface area (Å²) in [5.74, 6) is -0.0754. The smallest absolute Gasteiger partial charge is 0.150 e. The Hall–Kier alpha value is -0.440. The zero-order valence-corrected chi connectivity index (χ0v) is 13.0. The van der Waals surface area contributed by atoms with Gasteiger partial charge in [-0.2, -0.15) is 5.10 Å². The zero-order chi connectivity index (χ0) is 14.0. The maximum atomic E-state index is 11.5. The Morgan fingerprint density at radius 1 is 1.68 bits per heavy atom. The second kappa shape index (κ2) is 5.90. The third kappa shape index (κ3) is 3.36. The summed E-state index contributed by atoms with van der Waals surface area (Å²) in [4.78, 5) is 0. The zero-order valence-electron chi connectivity index (χ0n) is 10.6. The van der Waals surface area contributed by atoms with Crippen molar-refractivity contribution in [2.75, 3.05) is 25.2 Å². The van der Waals surface area contributed by atoms with Crippen molar-refractivity contribution in [3.05, 3.63) is 16.4 Å². The van der Waals surface area contributed by atoms with Crippen LogP contribution in [0.25, 0.3) is 0 Å². The Morgan fingerprint density at radius 2 is 2.42 bits per heavy atom. The highest BCUT2D eigenvalue weighted by atomic mass is 79.9. The molecule has 0 saturated carbocycles. The standard InChI is InChI=1S/C11H17BrN2O4S/c1-18-4-3-14-10(9(12)6-13-14)11(15)8-2-5-19(16,17)7-8/h6,8,11,15H,2-5,7H2,1H3. The van der Waals surface area contributed by atoms with Crippen LogP contribution in [0, 0.1) is 5.92 Å². The lowest BCUT2D eigenvalue weighted by atomic mass is 9.99. The van der Waals surface area contributed by atoms with Crippen LogP contribution < -0.4 is 0 Å². The van der Waals surface area contributed by atoms with Crippen LogP contribution >= 0.6 is 15.9 Å². The van der Waals surface area contributed by atoms with Crippen molar-refractivity contribution in [2.45, 2.75) is 19.1 Å². The van der Waals surface area contributed by atoms with Crippen LogP contribution in [0.4, 0.5) is 0 Å². The van der Waals surface area contributed by atoms with E-state index >= 15 is 0 Å². The van der Waals surface area contributed by atoms with E-state index < -0.39 is 15.9 Å². The van der Waals surface area contributed by atoms with Crippen molar-refractivity contribution in [2.24, 2.45) is 5.92 Å². The van der Waals surface area contributed by atoms with Gasteiger partial charge < -0.3 is 9.84 Å². The van der Waals surface area contributed by atoms with Gasteiger partial charge in [0.2, 0.25) is 0 Å². The van der Waals surface area contributed by atoms with Gasteiger partial charge in [-0.15, -0.1) is 0 Å². The van der Waals surface area contributed by atoms with Crippen LogP contribution in [0.5, 0.6) is 0 Å². The predicted octanol–water partition coefficient (Wildman–Crippen LogP) is 0.760. The average molecular weight is 353 g/mol. The van der Waals surface area contributed by atoms with Crippen LogP contribution in [0.1, 0.15) is 18.2 Å². The fourth-order valence-corrected chi connectivity index (χ4v) is 4.68. The lowest BCUT2D eigenvalue weighted by molar-refractivity contribution is 0.106. The fraction of sp³-hybridized carbons (Fsp3) is 0.727. The van der Waals surface area contributed by atoms with E-state index in [0.29, 0.717) is 29.7 Å². The molecule has 2 heterocycles. The minimum atomic E-state index is -3.00. The first kappa shape index (κ1) is 15.0. The molecule has 1 aromatic rings. The molecule has 2 atom stereocenters. The average Bonchev–Trinajstić information content (AvgIpc) is 2.89. The van der Waals surface area contributed by atoms with Crippen LogP contribution in [0.15, 0.2) is 10.7 Å². The summed E-state index contributed by atoms with van der Waals surface area (Å²) in [5.41, 5.74) is 0.624. The molecule has 0 radical (unpaired) electrons. The number of nitrogens with zero attached hydrogens (tertiary/aromatic N) is 2. The molecule has 1 aliphatic heterocycles. The molecule has 0 spiro atoms. The van der Waals surface area contributed by atoms with Gasteiger partial charge >= 0.3 is 0 Å². The first-order valence-electron chi connectivity index (χ1n) is 6.03. The van der Waals surface area contributed by atoms with E-state index in [-0.39, 0.29) is 17.4 Å². The van der Waals surface area contributed by atoms with Gasteiger partial charge in [0.15, 0.2) is 9.84 Å². The summed E-state index contributed by atoms with van der Waals surface area (Å²) in [5, 5.41) is 14.6. The topological polar surface area (TPSA) is 81.4 Å². The van der Waals surface area contributed by atoms with Gasteiger partial charge in [0.1, 0.15) is 6.10 Å². The Kier molecular flexibility index (Phi) is 4.65. The number of sulfone groups is 1. The molecule has 1 N–H and O–H groups in total. The Bertz CT molecular complexity index is 543. The summed E-state index contributed by atoms with van der Waals surface area (Å²) in [7, 11) is -1.41. The second-order valence-electron chi connectivity index (χ2n) is 4.70. The first-order valence-corrected chi connectivity index (χ1v) is 8.64. The quantitative estimate of drug-likeness (QED) is 0.845. The minimum Gasteiger partial charge on any atom is -0.386 e. The SMILES string of the molecule is COCCn1ncc(Br)c1C(O)C1CCS(=O)(=O)C1. The highest BCUT2D eigenvalue weighted by Gasteiger charge is 2.35. The summed E-state index contributed by atoms with van der Waals surface area (Å²) in [6, 6.07) is 0.